The van der Waals surface area contributed by atoms with Crippen molar-refractivity contribution in [2.45, 2.75) is 148 Å². The van der Waals surface area contributed by atoms with Crippen molar-refractivity contribution in [3.05, 3.63) is 0 Å². The molecule has 0 spiro atoms. The van der Waals surface area contributed by atoms with Gasteiger partial charge in [0.1, 0.15) is 24.2 Å². The average Bonchev–Trinajstić information content (AvgIpc) is 3.67. The number of fused-ring (bicyclic) bond motifs is 1. The summed E-state index contributed by atoms with van der Waals surface area (Å²) in [6.45, 7) is 9.22. The van der Waals surface area contributed by atoms with Crippen molar-refractivity contribution in [2.75, 3.05) is 6.54 Å². The second-order valence-corrected chi connectivity index (χ2v) is 16.3. The largest absolute Gasteiger partial charge is 0.347 e. The molecule has 2 saturated heterocycles. The highest BCUT2D eigenvalue weighted by Gasteiger charge is 2.55. The van der Waals surface area contributed by atoms with E-state index in [4.69, 9.17) is 0 Å². The molecule has 3 aliphatic carbocycles. The molecule has 6 amide bonds. The normalized spacial score (nSPS) is 28.9. The van der Waals surface area contributed by atoms with Gasteiger partial charge >= 0.3 is 0 Å². The molecule has 5 N–H and O–H groups in total. The first-order valence-corrected chi connectivity index (χ1v) is 18.5. The van der Waals surface area contributed by atoms with E-state index in [1.54, 1.807) is 18.7 Å². The molecule has 2 bridgehead atoms. The minimum Gasteiger partial charge on any atom is -0.347 e. The topological polar surface area (TPSA) is 183 Å². The summed E-state index contributed by atoms with van der Waals surface area (Å²) < 4.78 is 0. The standard InChI is InChI=1S/C36H56N6O7/c1-6-26(43)37-19(2)31(45)40-27(21-10-8-7-9-11-21)32(46)41-30(36(3,4)5)35(49)42-18-22-16-20-12-15-25(29(44)34(48)38-23-13-14-23)39-33(47)28(42)24(22)17-20/h19-25,27-28,30H,6-18H2,1-5H3,(H,37,43)(H,38,48)(H,39,47)(H,40,45)(H,41,46)/t19-,20?,22+,24+,25+,27+,28+,30-/m1/s1. The van der Waals surface area contributed by atoms with Gasteiger partial charge in [0.05, 0.1) is 6.04 Å². The van der Waals surface area contributed by atoms with Crippen molar-refractivity contribution in [1.82, 2.24) is 31.5 Å². The Kier molecular flexibility index (Phi) is 11.4. The van der Waals surface area contributed by atoms with Gasteiger partial charge in [-0.15, -0.1) is 0 Å². The Bertz CT molecular complexity index is 1320. The van der Waals surface area contributed by atoms with E-state index in [-0.39, 0.29) is 42.0 Å². The van der Waals surface area contributed by atoms with Crippen LogP contribution < -0.4 is 26.6 Å². The fraction of sp³-hybridized carbons (Fsp3) is 0.806. The summed E-state index contributed by atoms with van der Waals surface area (Å²) in [5.41, 5.74) is -0.745. The highest BCUT2D eigenvalue weighted by molar-refractivity contribution is 6.38. The second kappa shape index (κ2) is 15.2. The van der Waals surface area contributed by atoms with Gasteiger partial charge in [0.25, 0.3) is 5.91 Å². The first-order chi connectivity index (χ1) is 23.2. The number of carbonyl (C=O) groups is 7. The molecule has 5 rings (SSSR count). The number of nitrogens with zero attached hydrogens (tertiary/aromatic N) is 1. The van der Waals surface area contributed by atoms with Crippen LogP contribution in [0.4, 0.5) is 0 Å². The Morgan fingerprint density at radius 2 is 1.57 bits per heavy atom. The second-order valence-electron chi connectivity index (χ2n) is 16.3. The molecular formula is C36H56N6O7. The summed E-state index contributed by atoms with van der Waals surface area (Å²) >= 11 is 0. The van der Waals surface area contributed by atoms with Crippen molar-refractivity contribution >= 4 is 41.2 Å². The predicted octanol–water partition coefficient (Wildman–Crippen LogP) is 1.48. The molecular weight excluding hydrogens is 628 g/mol. The fourth-order valence-corrected chi connectivity index (χ4v) is 8.44. The summed E-state index contributed by atoms with van der Waals surface area (Å²) in [7, 11) is 0. The van der Waals surface area contributed by atoms with Crippen molar-refractivity contribution in [2.24, 2.45) is 29.1 Å². The van der Waals surface area contributed by atoms with Gasteiger partial charge in [0.15, 0.2) is 0 Å². The van der Waals surface area contributed by atoms with Crippen LogP contribution in [0, 0.1) is 29.1 Å². The lowest BCUT2D eigenvalue weighted by Gasteiger charge is -2.38. The quantitative estimate of drug-likeness (QED) is 0.204. The summed E-state index contributed by atoms with van der Waals surface area (Å²) in [6, 6.07) is -4.49. The SMILES string of the molecule is CCC(=O)N[C@H](C)C(=O)N[C@H](C(=O)N[C@H](C(=O)N1C[C@@H]2CC3CC[C@@H](C(=O)C(=O)NC4CC4)NC(=O)[C@@H]1[C@H]2C3)C(C)(C)C)C1CCCCC1. The van der Waals surface area contributed by atoms with Gasteiger partial charge in [-0.2, -0.15) is 0 Å². The van der Waals surface area contributed by atoms with E-state index < -0.39 is 65.0 Å². The molecule has 49 heavy (non-hydrogen) atoms. The molecule has 0 aromatic heterocycles. The van der Waals surface area contributed by atoms with Gasteiger partial charge < -0.3 is 31.5 Å². The molecule has 5 aliphatic rings. The summed E-state index contributed by atoms with van der Waals surface area (Å²) in [5, 5.41) is 14.1. The van der Waals surface area contributed by atoms with Crippen molar-refractivity contribution in [1.29, 1.82) is 0 Å². The molecule has 3 saturated carbocycles. The molecule has 2 aliphatic heterocycles. The van der Waals surface area contributed by atoms with Crippen molar-refractivity contribution in [3.63, 3.8) is 0 Å². The minimum atomic E-state index is -1.00. The maximum absolute atomic E-state index is 14.6. The summed E-state index contributed by atoms with van der Waals surface area (Å²) in [6.07, 6.45) is 9.00. The fourth-order valence-electron chi connectivity index (χ4n) is 8.44. The highest BCUT2D eigenvalue weighted by Crippen LogP contribution is 2.48. The summed E-state index contributed by atoms with van der Waals surface area (Å²) in [5.74, 6) is -3.12. The zero-order chi connectivity index (χ0) is 35.6. The number of amides is 6. The van der Waals surface area contributed by atoms with E-state index in [1.807, 2.05) is 20.8 Å². The molecule has 5 fully saturated rings. The molecule has 8 atom stereocenters. The number of ketones is 1. The van der Waals surface area contributed by atoms with Crippen LogP contribution in [0.15, 0.2) is 0 Å². The third-order valence-corrected chi connectivity index (χ3v) is 11.4. The lowest BCUT2D eigenvalue weighted by atomic mass is 9.82. The van der Waals surface area contributed by atoms with Gasteiger partial charge in [-0.1, -0.05) is 47.0 Å². The molecule has 1 unspecified atom stereocenters. The Balaban J connectivity index is 1.34. The molecule has 13 heteroatoms. The number of hydrogen-bond acceptors (Lipinski definition) is 7. The molecule has 0 aromatic carbocycles. The van der Waals surface area contributed by atoms with E-state index in [1.165, 1.54) is 0 Å². The van der Waals surface area contributed by atoms with Gasteiger partial charge in [-0.3, -0.25) is 33.6 Å². The third-order valence-electron chi connectivity index (χ3n) is 11.4. The first kappa shape index (κ1) is 36.8. The third kappa shape index (κ3) is 8.63. The highest BCUT2D eigenvalue weighted by atomic mass is 16.2. The molecule has 0 radical (unpaired) electrons. The number of hydrogen-bond donors (Lipinski definition) is 5. The van der Waals surface area contributed by atoms with Crippen LogP contribution in [0.3, 0.4) is 0 Å². The maximum Gasteiger partial charge on any atom is 0.289 e. The van der Waals surface area contributed by atoms with Crippen LogP contribution in [-0.2, 0) is 33.6 Å². The Morgan fingerprint density at radius 1 is 0.878 bits per heavy atom. The Morgan fingerprint density at radius 3 is 2.20 bits per heavy atom. The van der Waals surface area contributed by atoms with Gasteiger partial charge in [-0.25, -0.2) is 0 Å². The maximum atomic E-state index is 14.6. The van der Waals surface area contributed by atoms with Gasteiger partial charge in [0, 0.05) is 19.0 Å². The van der Waals surface area contributed by atoms with E-state index in [0.717, 1.165) is 64.2 Å². The number of rotatable bonds is 11. The van der Waals surface area contributed by atoms with E-state index in [9.17, 15) is 33.6 Å². The smallest absolute Gasteiger partial charge is 0.289 e. The lowest BCUT2D eigenvalue weighted by molar-refractivity contribution is -0.146. The van der Waals surface area contributed by atoms with Crippen LogP contribution in [0.25, 0.3) is 0 Å². The molecule has 272 valence electrons. The minimum absolute atomic E-state index is 0.0177. The summed E-state index contributed by atoms with van der Waals surface area (Å²) in [4.78, 5) is 95.3. The molecule has 13 nitrogen and oxygen atoms in total. The van der Waals surface area contributed by atoms with E-state index in [0.29, 0.717) is 18.9 Å². The van der Waals surface area contributed by atoms with Crippen LogP contribution in [-0.4, -0.2) is 88.9 Å². The van der Waals surface area contributed by atoms with Crippen molar-refractivity contribution < 1.29 is 33.6 Å². The van der Waals surface area contributed by atoms with Crippen LogP contribution >= 0.6 is 0 Å². The lowest BCUT2D eigenvalue weighted by Crippen LogP contribution is -2.63. The van der Waals surface area contributed by atoms with E-state index in [2.05, 4.69) is 26.6 Å². The van der Waals surface area contributed by atoms with Gasteiger partial charge in [0.2, 0.25) is 35.3 Å². The zero-order valence-corrected chi connectivity index (χ0v) is 29.8. The number of Topliss-reactive ketones (excluding diaryl/α,β-unsaturated/α-hetero) is 1. The van der Waals surface area contributed by atoms with Crippen LogP contribution in [0.2, 0.25) is 0 Å². The zero-order valence-electron chi connectivity index (χ0n) is 29.8. The van der Waals surface area contributed by atoms with Gasteiger partial charge in [-0.05, 0) is 87.4 Å². The first-order valence-electron chi connectivity index (χ1n) is 18.5. The van der Waals surface area contributed by atoms with Crippen LogP contribution in [0.5, 0.6) is 0 Å². The average molecular weight is 685 g/mol. The number of likely N-dealkylation sites (tertiary alicyclic amines) is 1. The Hall–Kier alpha value is -3.51. The molecule has 0 aromatic rings. The van der Waals surface area contributed by atoms with Crippen LogP contribution in [0.1, 0.15) is 112 Å². The predicted molar refractivity (Wildman–Crippen MR) is 180 cm³/mol. The van der Waals surface area contributed by atoms with E-state index >= 15 is 0 Å². The Labute approximate surface area is 289 Å². The number of nitrogens with one attached hydrogen (secondary N) is 5. The molecule has 2 heterocycles. The number of carbonyl (C=O) groups excluding carboxylic acids is 7. The van der Waals surface area contributed by atoms with Crippen molar-refractivity contribution in [3.8, 4) is 0 Å². The monoisotopic (exact) mass is 684 g/mol.